The van der Waals surface area contributed by atoms with Crippen LogP contribution in [0, 0.1) is 6.92 Å². The van der Waals surface area contributed by atoms with Gasteiger partial charge in [0.25, 0.3) is 5.56 Å². The lowest BCUT2D eigenvalue weighted by atomic mass is 10.0. The molecule has 5 nitrogen and oxygen atoms in total. The summed E-state index contributed by atoms with van der Waals surface area (Å²) in [6.45, 7) is 1.90. The Labute approximate surface area is 150 Å². The number of aromatic amines is 1. The minimum absolute atomic E-state index is 0.226. The van der Waals surface area contributed by atoms with Crippen LogP contribution >= 0.6 is 0 Å². The summed E-state index contributed by atoms with van der Waals surface area (Å²) in [5.41, 5.74) is 2.26. The molecular weight excluding hydrogens is 330 g/mol. The van der Waals surface area contributed by atoms with E-state index in [1.54, 1.807) is 37.4 Å². The van der Waals surface area contributed by atoms with E-state index in [2.05, 4.69) is 4.98 Å². The van der Waals surface area contributed by atoms with Crippen molar-refractivity contribution in [3.05, 3.63) is 75.6 Å². The van der Waals surface area contributed by atoms with Crippen LogP contribution < -0.4 is 15.0 Å². The van der Waals surface area contributed by atoms with E-state index in [0.717, 1.165) is 10.9 Å². The molecule has 0 aliphatic carbocycles. The monoisotopic (exact) mass is 349 g/mol. The van der Waals surface area contributed by atoms with Crippen LogP contribution in [0.15, 0.2) is 53.3 Å². The third-order valence-electron chi connectivity index (χ3n) is 4.11. The predicted molar refractivity (Wildman–Crippen MR) is 102 cm³/mol. The van der Waals surface area contributed by atoms with Crippen LogP contribution in [0.3, 0.4) is 0 Å². The number of aromatic nitrogens is 1. The topological polar surface area (TPSA) is 68.4 Å². The van der Waals surface area contributed by atoms with Crippen LogP contribution in [0.4, 0.5) is 0 Å². The van der Waals surface area contributed by atoms with Gasteiger partial charge in [0, 0.05) is 16.5 Å². The zero-order valence-electron chi connectivity index (χ0n) is 14.8. The summed E-state index contributed by atoms with van der Waals surface area (Å²) in [5, 5.41) is 0.823. The van der Waals surface area contributed by atoms with Crippen LogP contribution in [0.1, 0.15) is 21.5 Å². The second-order valence-corrected chi connectivity index (χ2v) is 5.91. The fourth-order valence-electron chi connectivity index (χ4n) is 2.72. The number of carbonyl (C=O) groups excluding carboxylic acids is 1. The maximum absolute atomic E-state index is 12.5. The largest absolute Gasteiger partial charge is 0.497 e. The summed E-state index contributed by atoms with van der Waals surface area (Å²) in [6, 6.07) is 12.5. The van der Waals surface area contributed by atoms with E-state index in [0.29, 0.717) is 28.1 Å². The highest BCUT2D eigenvalue weighted by atomic mass is 16.5. The first-order valence-electron chi connectivity index (χ1n) is 8.10. The molecule has 0 amide bonds. The Bertz CT molecular complexity index is 1060. The fraction of sp³-hybridized carbons (Fsp3) is 0.143. The van der Waals surface area contributed by atoms with E-state index in [1.165, 1.54) is 19.3 Å². The van der Waals surface area contributed by atoms with Crippen molar-refractivity contribution in [3.63, 3.8) is 0 Å². The number of methoxy groups -OCH3 is 2. The van der Waals surface area contributed by atoms with E-state index < -0.39 is 0 Å². The SMILES string of the molecule is COc1ccc2[nH]c(=O)c(/C=C/C(=O)c3cc(C)ccc3OC)cc2c1. The molecule has 1 heterocycles. The molecule has 0 radical (unpaired) electrons. The van der Waals surface area contributed by atoms with Gasteiger partial charge in [0.1, 0.15) is 11.5 Å². The minimum Gasteiger partial charge on any atom is -0.497 e. The van der Waals surface area contributed by atoms with Crippen LogP contribution in [0.25, 0.3) is 17.0 Å². The predicted octanol–water partition coefficient (Wildman–Crippen LogP) is 3.75. The van der Waals surface area contributed by atoms with Crippen molar-refractivity contribution in [2.75, 3.05) is 14.2 Å². The number of aryl methyl sites for hydroxylation is 1. The molecule has 0 spiro atoms. The molecule has 0 aliphatic heterocycles. The van der Waals surface area contributed by atoms with E-state index in [4.69, 9.17) is 9.47 Å². The van der Waals surface area contributed by atoms with Crippen LogP contribution in [0.5, 0.6) is 11.5 Å². The molecule has 0 saturated carbocycles. The number of carbonyl (C=O) groups is 1. The molecule has 0 unspecified atom stereocenters. The number of hydrogen-bond acceptors (Lipinski definition) is 4. The Morgan fingerprint density at radius 1 is 1.04 bits per heavy atom. The van der Waals surface area contributed by atoms with E-state index in [1.807, 2.05) is 19.1 Å². The molecule has 0 fully saturated rings. The highest BCUT2D eigenvalue weighted by Gasteiger charge is 2.10. The Hall–Kier alpha value is -3.34. The Morgan fingerprint density at radius 2 is 1.85 bits per heavy atom. The van der Waals surface area contributed by atoms with Gasteiger partial charge in [-0.15, -0.1) is 0 Å². The normalized spacial score (nSPS) is 11.0. The molecular formula is C21H19NO4. The van der Waals surface area contributed by atoms with Gasteiger partial charge in [0.15, 0.2) is 5.78 Å². The van der Waals surface area contributed by atoms with Crippen molar-refractivity contribution in [3.8, 4) is 11.5 Å². The average molecular weight is 349 g/mol. The summed E-state index contributed by atoms with van der Waals surface area (Å²) in [7, 11) is 3.11. The second kappa shape index (κ2) is 7.27. The first kappa shape index (κ1) is 17.5. The van der Waals surface area contributed by atoms with Gasteiger partial charge in [-0.25, -0.2) is 0 Å². The molecule has 3 rings (SSSR count). The quantitative estimate of drug-likeness (QED) is 0.563. The van der Waals surface area contributed by atoms with E-state index in [-0.39, 0.29) is 11.3 Å². The Balaban J connectivity index is 1.97. The third kappa shape index (κ3) is 3.52. The third-order valence-corrected chi connectivity index (χ3v) is 4.11. The van der Waals surface area contributed by atoms with Gasteiger partial charge < -0.3 is 14.5 Å². The summed E-state index contributed by atoms with van der Waals surface area (Å²) in [5.74, 6) is 0.971. The molecule has 132 valence electrons. The number of nitrogens with one attached hydrogen (secondary N) is 1. The van der Waals surface area contributed by atoms with Gasteiger partial charge in [-0.1, -0.05) is 11.6 Å². The summed E-state index contributed by atoms with van der Waals surface area (Å²) in [4.78, 5) is 27.6. The second-order valence-electron chi connectivity index (χ2n) is 5.91. The molecule has 0 atom stereocenters. The standard InChI is InChI=1S/C21H19NO4/c1-13-4-9-20(26-3)17(10-13)19(23)8-5-14-11-15-12-16(25-2)6-7-18(15)22-21(14)24/h4-12H,1-3H3,(H,22,24)/b8-5+. The number of benzene rings is 2. The number of H-pyrrole nitrogens is 1. The van der Waals surface area contributed by atoms with E-state index in [9.17, 15) is 9.59 Å². The Kier molecular flexibility index (Phi) is 4.89. The van der Waals surface area contributed by atoms with Crippen molar-refractivity contribution in [2.24, 2.45) is 0 Å². The summed E-state index contributed by atoms with van der Waals surface area (Å²) >= 11 is 0. The highest BCUT2D eigenvalue weighted by Crippen LogP contribution is 2.22. The maximum atomic E-state index is 12.5. The molecule has 0 aliphatic rings. The fourth-order valence-corrected chi connectivity index (χ4v) is 2.72. The van der Waals surface area contributed by atoms with Crippen molar-refractivity contribution < 1.29 is 14.3 Å². The van der Waals surface area contributed by atoms with Crippen molar-refractivity contribution in [2.45, 2.75) is 6.92 Å². The van der Waals surface area contributed by atoms with Gasteiger partial charge >= 0.3 is 0 Å². The molecule has 1 N–H and O–H groups in total. The number of fused-ring (bicyclic) bond motifs is 1. The molecule has 26 heavy (non-hydrogen) atoms. The molecule has 0 saturated heterocycles. The molecule has 5 heteroatoms. The number of hydrogen-bond donors (Lipinski definition) is 1. The number of ether oxygens (including phenoxy) is 2. The van der Waals surface area contributed by atoms with Gasteiger partial charge in [0.05, 0.1) is 19.8 Å². The molecule has 3 aromatic rings. The van der Waals surface area contributed by atoms with Gasteiger partial charge in [-0.05, 0) is 55.5 Å². The Morgan fingerprint density at radius 3 is 2.58 bits per heavy atom. The first-order chi connectivity index (χ1) is 12.5. The zero-order chi connectivity index (χ0) is 18.7. The van der Waals surface area contributed by atoms with Crippen molar-refractivity contribution in [1.29, 1.82) is 0 Å². The molecule has 1 aromatic heterocycles. The summed E-state index contributed by atoms with van der Waals surface area (Å²) in [6.07, 6.45) is 2.90. The van der Waals surface area contributed by atoms with Crippen LogP contribution in [0.2, 0.25) is 0 Å². The number of pyridine rings is 1. The van der Waals surface area contributed by atoms with Crippen molar-refractivity contribution >= 4 is 22.8 Å². The number of ketones is 1. The highest BCUT2D eigenvalue weighted by molar-refractivity contribution is 6.08. The van der Waals surface area contributed by atoms with Crippen LogP contribution in [-0.2, 0) is 0 Å². The summed E-state index contributed by atoms with van der Waals surface area (Å²) < 4.78 is 10.5. The van der Waals surface area contributed by atoms with E-state index >= 15 is 0 Å². The van der Waals surface area contributed by atoms with Gasteiger partial charge in [-0.3, -0.25) is 9.59 Å². The van der Waals surface area contributed by atoms with Gasteiger partial charge in [0.2, 0.25) is 0 Å². The maximum Gasteiger partial charge on any atom is 0.255 e. The minimum atomic E-state index is -0.261. The van der Waals surface area contributed by atoms with Gasteiger partial charge in [-0.2, -0.15) is 0 Å². The van der Waals surface area contributed by atoms with Crippen LogP contribution in [-0.4, -0.2) is 25.0 Å². The first-order valence-corrected chi connectivity index (χ1v) is 8.10. The van der Waals surface area contributed by atoms with Crippen molar-refractivity contribution in [1.82, 2.24) is 4.98 Å². The number of rotatable bonds is 5. The number of allylic oxidation sites excluding steroid dienone is 1. The zero-order valence-corrected chi connectivity index (χ0v) is 14.8. The lowest BCUT2D eigenvalue weighted by Gasteiger charge is -2.06. The molecule has 2 aromatic carbocycles. The smallest absolute Gasteiger partial charge is 0.255 e. The lowest BCUT2D eigenvalue weighted by molar-refractivity contribution is 0.104. The average Bonchev–Trinajstić information content (AvgIpc) is 2.65. The molecule has 0 bridgehead atoms. The lowest BCUT2D eigenvalue weighted by Crippen LogP contribution is -2.09.